The van der Waals surface area contributed by atoms with Crippen molar-refractivity contribution in [2.45, 2.75) is 0 Å². The fourth-order valence-electron chi connectivity index (χ4n) is 1.43. The summed E-state index contributed by atoms with van der Waals surface area (Å²) < 4.78 is 5.54. The minimum Gasteiger partial charge on any atom is -0.492 e. The van der Waals surface area contributed by atoms with Gasteiger partial charge in [-0.2, -0.15) is 0 Å². The summed E-state index contributed by atoms with van der Waals surface area (Å²) in [5, 5.41) is 3.05. The van der Waals surface area contributed by atoms with Gasteiger partial charge in [0.1, 0.15) is 23.0 Å². The monoisotopic (exact) mass is 274 g/mol. The maximum Gasteiger partial charge on any atom is 0.223 e. The van der Waals surface area contributed by atoms with Gasteiger partial charge < -0.3 is 15.8 Å². The maximum absolute atomic E-state index is 5.54. The van der Waals surface area contributed by atoms with Gasteiger partial charge in [-0.25, -0.2) is 9.97 Å². The second-order valence-corrected chi connectivity index (χ2v) is 4.16. The Balaban J connectivity index is 1.80. The molecule has 1 aromatic carbocycles. The molecular weight excluding hydrogens is 260 g/mol. The molecular formula is C13H14N4OS. The summed E-state index contributed by atoms with van der Waals surface area (Å²) in [5.41, 5.74) is 6.05. The van der Waals surface area contributed by atoms with Crippen molar-refractivity contribution in [3.05, 3.63) is 48.3 Å². The average Bonchev–Trinajstić information content (AvgIpc) is 2.45. The van der Waals surface area contributed by atoms with Gasteiger partial charge in [0.15, 0.2) is 0 Å². The average molecular weight is 274 g/mol. The Hall–Kier alpha value is -2.21. The summed E-state index contributed by atoms with van der Waals surface area (Å²) >= 11 is 4.86. The van der Waals surface area contributed by atoms with E-state index in [1.807, 2.05) is 30.3 Å². The number of thiocarbonyl (C=S) groups is 1. The highest BCUT2D eigenvalue weighted by Crippen LogP contribution is 2.07. The van der Waals surface area contributed by atoms with Crippen LogP contribution in [0.4, 0.5) is 5.95 Å². The molecule has 2 rings (SSSR count). The van der Waals surface area contributed by atoms with E-state index < -0.39 is 0 Å². The predicted octanol–water partition coefficient (Wildman–Crippen LogP) is 1.60. The molecule has 0 saturated carbocycles. The summed E-state index contributed by atoms with van der Waals surface area (Å²) in [5.74, 6) is 1.32. The Morgan fingerprint density at radius 3 is 2.79 bits per heavy atom. The molecule has 1 aromatic heterocycles. The third-order valence-corrected chi connectivity index (χ3v) is 2.51. The van der Waals surface area contributed by atoms with Crippen LogP contribution in [0.15, 0.2) is 42.6 Å². The Morgan fingerprint density at radius 2 is 2.05 bits per heavy atom. The molecule has 3 N–H and O–H groups in total. The summed E-state index contributed by atoms with van der Waals surface area (Å²) in [4.78, 5) is 8.50. The third kappa shape index (κ3) is 4.18. The van der Waals surface area contributed by atoms with Crippen LogP contribution in [0.2, 0.25) is 0 Å². The highest BCUT2D eigenvalue weighted by Gasteiger charge is 2.00. The number of ether oxygens (including phenoxy) is 1. The highest BCUT2D eigenvalue weighted by atomic mass is 32.1. The molecule has 0 amide bonds. The van der Waals surface area contributed by atoms with Gasteiger partial charge in [-0.3, -0.25) is 0 Å². The van der Waals surface area contributed by atoms with Gasteiger partial charge >= 0.3 is 0 Å². The van der Waals surface area contributed by atoms with Crippen molar-refractivity contribution in [3.63, 3.8) is 0 Å². The molecule has 0 aliphatic rings. The van der Waals surface area contributed by atoms with Crippen LogP contribution in [0.1, 0.15) is 5.69 Å². The zero-order chi connectivity index (χ0) is 13.5. The maximum atomic E-state index is 5.54. The molecule has 0 unspecified atom stereocenters. The third-order valence-electron chi connectivity index (χ3n) is 2.31. The molecule has 6 heteroatoms. The number of nitrogens with one attached hydrogen (secondary N) is 1. The first-order valence-corrected chi connectivity index (χ1v) is 6.21. The van der Waals surface area contributed by atoms with E-state index in [0.29, 0.717) is 24.8 Å². The van der Waals surface area contributed by atoms with Crippen molar-refractivity contribution in [1.29, 1.82) is 0 Å². The van der Waals surface area contributed by atoms with E-state index in [2.05, 4.69) is 15.3 Å². The minimum atomic E-state index is 0.256. The van der Waals surface area contributed by atoms with Crippen LogP contribution in [0, 0.1) is 0 Å². The SMILES string of the molecule is NC(=S)c1ccnc(NCCOc2ccccc2)n1. The van der Waals surface area contributed by atoms with Crippen LogP contribution in [-0.4, -0.2) is 28.1 Å². The molecule has 2 aromatic rings. The first kappa shape index (κ1) is 13.2. The van der Waals surface area contributed by atoms with Crippen LogP contribution in [0.3, 0.4) is 0 Å². The smallest absolute Gasteiger partial charge is 0.223 e. The molecule has 0 fully saturated rings. The molecule has 0 aliphatic heterocycles. The lowest BCUT2D eigenvalue weighted by atomic mass is 10.3. The first-order chi connectivity index (χ1) is 9.25. The lowest BCUT2D eigenvalue weighted by Gasteiger charge is -2.07. The topological polar surface area (TPSA) is 73.1 Å². The molecule has 0 saturated heterocycles. The number of rotatable bonds is 6. The van der Waals surface area contributed by atoms with Crippen molar-refractivity contribution >= 4 is 23.2 Å². The van der Waals surface area contributed by atoms with Gasteiger partial charge in [-0.1, -0.05) is 30.4 Å². The predicted molar refractivity (Wildman–Crippen MR) is 78.3 cm³/mol. The molecule has 0 bridgehead atoms. The summed E-state index contributed by atoms with van der Waals surface area (Å²) in [6, 6.07) is 11.3. The molecule has 0 atom stereocenters. The quantitative estimate of drug-likeness (QED) is 0.616. The van der Waals surface area contributed by atoms with E-state index in [1.54, 1.807) is 12.3 Å². The van der Waals surface area contributed by atoms with E-state index in [0.717, 1.165) is 5.75 Å². The second-order valence-electron chi connectivity index (χ2n) is 3.72. The molecule has 98 valence electrons. The van der Waals surface area contributed by atoms with Crippen molar-refractivity contribution < 1.29 is 4.74 Å². The Kier molecular flexibility index (Phi) is 4.63. The number of hydrogen-bond donors (Lipinski definition) is 2. The Bertz CT molecular complexity index is 547. The van der Waals surface area contributed by atoms with Gasteiger partial charge in [0.05, 0.1) is 6.54 Å². The van der Waals surface area contributed by atoms with Gasteiger partial charge in [-0.05, 0) is 18.2 Å². The van der Waals surface area contributed by atoms with Crippen LogP contribution < -0.4 is 15.8 Å². The van der Waals surface area contributed by atoms with E-state index in [1.165, 1.54) is 0 Å². The number of para-hydroxylation sites is 1. The summed E-state index contributed by atoms with van der Waals surface area (Å²) in [7, 11) is 0. The number of nitrogens with two attached hydrogens (primary N) is 1. The standard InChI is InChI=1S/C13H14N4OS/c14-12(19)11-6-7-15-13(17-11)16-8-9-18-10-4-2-1-3-5-10/h1-7H,8-9H2,(H2,14,19)(H,15,16,17). The number of aromatic nitrogens is 2. The number of benzene rings is 1. The summed E-state index contributed by atoms with van der Waals surface area (Å²) in [6.07, 6.45) is 1.61. The molecule has 5 nitrogen and oxygen atoms in total. The van der Waals surface area contributed by atoms with E-state index in [-0.39, 0.29) is 4.99 Å². The molecule has 1 heterocycles. The number of anilines is 1. The van der Waals surface area contributed by atoms with Crippen LogP contribution in [0.5, 0.6) is 5.75 Å². The number of hydrogen-bond acceptors (Lipinski definition) is 5. The van der Waals surface area contributed by atoms with E-state index in [9.17, 15) is 0 Å². The van der Waals surface area contributed by atoms with Gasteiger partial charge in [0.25, 0.3) is 0 Å². The summed E-state index contributed by atoms with van der Waals surface area (Å²) in [6.45, 7) is 1.11. The van der Waals surface area contributed by atoms with E-state index >= 15 is 0 Å². The lowest BCUT2D eigenvalue weighted by molar-refractivity contribution is 0.332. The van der Waals surface area contributed by atoms with Crippen LogP contribution >= 0.6 is 12.2 Å². The second kappa shape index (κ2) is 6.65. The largest absolute Gasteiger partial charge is 0.492 e. The zero-order valence-corrected chi connectivity index (χ0v) is 11.1. The molecule has 0 aliphatic carbocycles. The molecule has 19 heavy (non-hydrogen) atoms. The van der Waals surface area contributed by atoms with Crippen molar-refractivity contribution in [3.8, 4) is 5.75 Å². The van der Waals surface area contributed by atoms with Crippen molar-refractivity contribution in [1.82, 2.24) is 9.97 Å². The van der Waals surface area contributed by atoms with Gasteiger partial charge in [-0.15, -0.1) is 0 Å². The van der Waals surface area contributed by atoms with Gasteiger partial charge in [0.2, 0.25) is 5.95 Å². The van der Waals surface area contributed by atoms with E-state index in [4.69, 9.17) is 22.7 Å². The number of nitrogens with zero attached hydrogens (tertiary/aromatic N) is 2. The molecule has 0 radical (unpaired) electrons. The van der Waals surface area contributed by atoms with Crippen molar-refractivity contribution in [2.75, 3.05) is 18.5 Å². The van der Waals surface area contributed by atoms with Crippen LogP contribution in [-0.2, 0) is 0 Å². The zero-order valence-electron chi connectivity index (χ0n) is 10.2. The minimum absolute atomic E-state index is 0.256. The fourth-order valence-corrected chi connectivity index (χ4v) is 1.54. The fraction of sp³-hybridized carbons (Fsp3) is 0.154. The molecule has 0 spiro atoms. The van der Waals surface area contributed by atoms with Crippen LogP contribution in [0.25, 0.3) is 0 Å². The lowest BCUT2D eigenvalue weighted by Crippen LogP contribution is -2.16. The van der Waals surface area contributed by atoms with Gasteiger partial charge in [0, 0.05) is 6.20 Å². The Labute approximate surface area is 116 Å². The normalized spacial score (nSPS) is 9.89. The first-order valence-electron chi connectivity index (χ1n) is 5.80. The Morgan fingerprint density at radius 1 is 1.26 bits per heavy atom. The highest BCUT2D eigenvalue weighted by molar-refractivity contribution is 7.80. The van der Waals surface area contributed by atoms with Crippen molar-refractivity contribution in [2.24, 2.45) is 5.73 Å².